The molecule has 2 saturated heterocycles. The summed E-state index contributed by atoms with van der Waals surface area (Å²) in [6.07, 6.45) is 7.46. The first-order chi connectivity index (χ1) is 11.8. The van der Waals surface area contributed by atoms with Crippen LogP contribution < -0.4 is 4.90 Å². The van der Waals surface area contributed by atoms with Crippen LogP contribution in [0.15, 0.2) is 24.9 Å². The van der Waals surface area contributed by atoms with Gasteiger partial charge in [0.1, 0.15) is 5.82 Å². The Kier molecular flexibility index (Phi) is 5.86. The average Bonchev–Trinajstić information content (AvgIpc) is 2.89. The summed E-state index contributed by atoms with van der Waals surface area (Å²) < 4.78 is 5.49. The summed E-state index contributed by atoms with van der Waals surface area (Å²) in [4.78, 5) is 21.4. The van der Waals surface area contributed by atoms with E-state index in [4.69, 9.17) is 4.74 Å². The van der Waals surface area contributed by atoms with Gasteiger partial charge in [-0.3, -0.25) is 4.79 Å². The zero-order chi connectivity index (χ0) is 16.8. The molecule has 5 heteroatoms. The van der Waals surface area contributed by atoms with E-state index in [-0.39, 0.29) is 5.91 Å². The molecular formula is C19H27N3O2. The zero-order valence-corrected chi connectivity index (χ0v) is 14.3. The van der Waals surface area contributed by atoms with Gasteiger partial charge in [-0.25, -0.2) is 4.98 Å². The van der Waals surface area contributed by atoms with Crippen LogP contribution in [0.5, 0.6) is 0 Å². The summed E-state index contributed by atoms with van der Waals surface area (Å²) in [7, 11) is 0. The number of hydrogen-bond acceptors (Lipinski definition) is 4. The van der Waals surface area contributed by atoms with Crippen molar-refractivity contribution in [1.82, 2.24) is 9.88 Å². The summed E-state index contributed by atoms with van der Waals surface area (Å²) in [5.74, 6) is 1.66. The second-order valence-corrected chi connectivity index (χ2v) is 6.66. The SMILES string of the molecule is C=Cc1ccc(N2CCCN(C(=O)CC3CCCOC3)CC2)nc1. The summed E-state index contributed by atoms with van der Waals surface area (Å²) in [5, 5.41) is 0. The predicted octanol–water partition coefficient (Wildman–Crippen LogP) is 2.58. The Morgan fingerprint density at radius 2 is 2.21 bits per heavy atom. The highest BCUT2D eigenvalue weighted by Crippen LogP contribution is 2.20. The number of aromatic nitrogens is 1. The molecule has 5 nitrogen and oxygen atoms in total. The van der Waals surface area contributed by atoms with E-state index in [2.05, 4.69) is 16.5 Å². The molecule has 0 radical (unpaired) electrons. The van der Waals surface area contributed by atoms with Crippen LogP contribution in [0.4, 0.5) is 5.82 Å². The van der Waals surface area contributed by atoms with Gasteiger partial charge in [-0.2, -0.15) is 0 Å². The van der Waals surface area contributed by atoms with Crippen molar-refractivity contribution in [2.45, 2.75) is 25.7 Å². The van der Waals surface area contributed by atoms with Crippen molar-refractivity contribution in [2.75, 3.05) is 44.3 Å². The van der Waals surface area contributed by atoms with E-state index in [1.54, 1.807) is 6.08 Å². The van der Waals surface area contributed by atoms with E-state index in [9.17, 15) is 4.79 Å². The minimum atomic E-state index is 0.280. The van der Waals surface area contributed by atoms with Crippen LogP contribution in [0, 0.1) is 5.92 Å². The van der Waals surface area contributed by atoms with Crippen LogP contribution in [0.2, 0.25) is 0 Å². The van der Waals surface area contributed by atoms with Gasteiger partial charge >= 0.3 is 0 Å². The molecule has 2 aliphatic rings. The van der Waals surface area contributed by atoms with Crippen molar-refractivity contribution < 1.29 is 9.53 Å². The number of carbonyl (C=O) groups excluding carboxylic acids is 1. The molecule has 3 heterocycles. The minimum Gasteiger partial charge on any atom is -0.381 e. The third kappa shape index (κ3) is 4.35. The van der Waals surface area contributed by atoms with Crippen molar-refractivity contribution >= 4 is 17.8 Å². The van der Waals surface area contributed by atoms with Gasteiger partial charge in [-0.15, -0.1) is 0 Å². The number of anilines is 1. The number of amides is 1. The van der Waals surface area contributed by atoms with Crippen molar-refractivity contribution in [1.29, 1.82) is 0 Å². The number of nitrogens with zero attached hydrogens (tertiary/aromatic N) is 3. The highest BCUT2D eigenvalue weighted by molar-refractivity contribution is 5.76. The highest BCUT2D eigenvalue weighted by Gasteiger charge is 2.23. The molecule has 1 atom stereocenters. The summed E-state index contributed by atoms with van der Waals surface area (Å²) in [6.45, 7) is 8.75. The van der Waals surface area contributed by atoms with E-state index < -0.39 is 0 Å². The second-order valence-electron chi connectivity index (χ2n) is 6.66. The number of hydrogen-bond donors (Lipinski definition) is 0. The van der Waals surface area contributed by atoms with Gasteiger partial charge in [0.25, 0.3) is 0 Å². The van der Waals surface area contributed by atoms with Crippen LogP contribution in [0.25, 0.3) is 6.08 Å². The molecule has 0 bridgehead atoms. The van der Waals surface area contributed by atoms with E-state index in [1.165, 1.54) is 0 Å². The predicted molar refractivity (Wildman–Crippen MR) is 95.9 cm³/mol. The summed E-state index contributed by atoms with van der Waals surface area (Å²) in [5.41, 5.74) is 1.03. The molecule has 1 aromatic heterocycles. The third-order valence-corrected chi connectivity index (χ3v) is 4.90. The summed E-state index contributed by atoms with van der Waals surface area (Å²) >= 11 is 0. The van der Waals surface area contributed by atoms with Gasteiger partial charge in [0.05, 0.1) is 0 Å². The lowest BCUT2D eigenvalue weighted by atomic mass is 9.98. The largest absolute Gasteiger partial charge is 0.381 e. The first kappa shape index (κ1) is 17.0. The van der Waals surface area contributed by atoms with Gasteiger partial charge in [-0.1, -0.05) is 12.7 Å². The third-order valence-electron chi connectivity index (χ3n) is 4.90. The Labute approximate surface area is 144 Å². The normalized spacial score (nSPS) is 22.1. The number of carbonyl (C=O) groups is 1. The standard InChI is InChI=1S/C19H27N3O2/c1-2-16-6-7-18(20-14-16)21-8-4-9-22(11-10-21)19(23)13-17-5-3-12-24-15-17/h2,6-7,14,17H,1,3-5,8-13,15H2. The van der Waals surface area contributed by atoms with Crippen LogP contribution in [-0.4, -0.2) is 55.2 Å². The Bertz CT molecular complexity index is 552. The van der Waals surface area contributed by atoms with Crippen molar-refractivity contribution in [2.24, 2.45) is 5.92 Å². The van der Waals surface area contributed by atoms with Crippen molar-refractivity contribution in [3.63, 3.8) is 0 Å². The molecule has 1 aromatic rings. The van der Waals surface area contributed by atoms with Gasteiger partial charge < -0.3 is 14.5 Å². The molecule has 0 N–H and O–H groups in total. The number of rotatable bonds is 4. The minimum absolute atomic E-state index is 0.280. The van der Waals surface area contributed by atoms with Gasteiger partial charge in [0.2, 0.25) is 5.91 Å². The fraction of sp³-hybridized carbons (Fsp3) is 0.579. The maximum absolute atomic E-state index is 12.6. The Balaban J connectivity index is 1.53. The lowest BCUT2D eigenvalue weighted by Gasteiger charge is -2.26. The molecule has 0 aromatic carbocycles. The molecule has 0 saturated carbocycles. The smallest absolute Gasteiger partial charge is 0.222 e. The molecule has 24 heavy (non-hydrogen) atoms. The first-order valence-corrected chi connectivity index (χ1v) is 8.95. The quantitative estimate of drug-likeness (QED) is 0.852. The lowest BCUT2D eigenvalue weighted by Crippen LogP contribution is -2.37. The van der Waals surface area contributed by atoms with Crippen molar-refractivity contribution in [3.8, 4) is 0 Å². The molecule has 1 amide bonds. The molecule has 1 unspecified atom stereocenters. The average molecular weight is 329 g/mol. The van der Waals surface area contributed by atoms with Crippen LogP contribution in [0.1, 0.15) is 31.2 Å². The molecule has 130 valence electrons. The van der Waals surface area contributed by atoms with Gasteiger partial charge in [0.15, 0.2) is 0 Å². The highest BCUT2D eigenvalue weighted by atomic mass is 16.5. The van der Waals surface area contributed by atoms with E-state index in [1.807, 2.05) is 23.2 Å². The van der Waals surface area contributed by atoms with E-state index in [0.29, 0.717) is 12.3 Å². The molecule has 2 aliphatic heterocycles. The Morgan fingerprint density at radius 1 is 1.29 bits per heavy atom. The van der Waals surface area contributed by atoms with Crippen molar-refractivity contribution in [3.05, 3.63) is 30.5 Å². The maximum Gasteiger partial charge on any atom is 0.222 e. The maximum atomic E-state index is 12.6. The van der Waals surface area contributed by atoms with Crippen LogP contribution in [-0.2, 0) is 9.53 Å². The van der Waals surface area contributed by atoms with E-state index >= 15 is 0 Å². The van der Waals surface area contributed by atoms with E-state index in [0.717, 1.165) is 70.0 Å². The monoisotopic (exact) mass is 329 g/mol. The summed E-state index contributed by atoms with van der Waals surface area (Å²) in [6, 6.07) is 4.07. The number of pyridine rings is 1. The fourth-order valence-electron chi connectivity index (χ4n) is 3.45. The Hall–Kier alpha value is -1.88. The van der Waals surface area contributed by atoms with Gasteiger partial charge in [0, 0.05) is 52.0 Å². The topological polar surface area (TPSA) is 45.7 Å². The molecule has 3 rings (SSSR count). The molecule has 0 aliphatic carbocycles. The lowest BCUT2D eigenvalue weighted by molar-refractivity contribution is -0.133. The molecule has 0 spiro atoms. The van der Waals surface area contributed by atoms with Crippen LogP contribution >= 0.6 is 0 Å². The molecule has 2 fully saturated rings. The zero-order valence-electron chi connectivity index (χ0n) is 14.3. The Morgan fingerprint density at radius 3 is 2.92 bits per heavy atom. The van der Waals surface area contributed by atoms with Gasteiger partial charge in [-0.05, 0) is 42.9 Å². The van der Waals surface area contributed by atoms with Crippen LogP contribution in [0.3, 0.4) is 0 Å². The number of ether oxygens (including phenoxy) is 1. The second kappa shape index (κ2) is 8.29. The first-order valence-electron chi connectivity index (χ1n) is 8.95. The fourth-order valence-corrected chi connectivity index (χ4v) is 3.45. The molecular weight excluding hydrogens is 302 g/mol.